The molecule has 3 nitrogen and oxygen atoms in total. The number of benzene rings is 1. The van der Waals surface area contributed by atoms with Crippen molar-refractivity contribution in [1.82, 2.24) is 9.97 Å². The lowest BCUT2D eigenvalue weighted by atomic mass is 10.1. The zero-order valence-corrected chi connectivity index (χ0v) is 15.6. The summed E-state index contributed by atoms with van der Waals surface area (Å²) in [5.41, 5.74) is 2.46. The maximum Gasteiger partial charge on any atom is 0.143 e. The largest absolute Gasteiger partial charge is 0.369 e. The van der Waals surface area contributed by atoms with E-state index in [0.29, 0.717) is 5.92 Å². The van der Waals surface area contributed by atoms with E-state index in [2.05, 4.69) is 69.0 Å². The van der Waals surface area contributed by atoms with Crippen LogP contribution in [0.4, 0.5) is 5.82 Å². The number of halogens is 2. The summed E-state index contributed by atoms with van der Waals surface area (Å²) in [4.78, 5) is 9.54. The lowest BCUT2D eigenvalue weighted by molar-refractivity contribution is 0.887. The molecule has 1 saturated carbocycles. The zero-order valence-electron chi connectivity index (χ0n) is 11.9. The van der Waals surface area contributed by atoms with Crippen LogP contribution >= 0.6 is 38.5 Å². The van der Waals surface area contributed by atoms with Gasteiger partial charge in [0, 0.05) is 23.4 Å². The molecule has 0 amide bonds. The van der Waals surface area contributed by atoms with Crippen molar-refractivity contribution in [3.63, 3.8) is 0 Å². The smallest absolute Gasteiger partial charge is 0.143 e. The van der Waals surface area contributed by atoms with Gasteiger partial charge in [0.15, 0.2) is 0 Å². The van der Waals surface area contributed by atoms with Crippen LogP contribution in [0.15, 0.2) is 28.7 Å². The first kappa shape index (κ1) is 15.2. The van der Waals surface area contributed by atoms with Gasteiger partial charge in [-0.05, 0) is 60.1 Å². The molecule has 2 aromatic rings. The fourth-order valence-electron chi connectivity index (χ4n) is 2.33. The lowest BCUT2D eigenvalue weighted by Crippen LogP contribution is -2.09. The number of hydrogen-bond donors (Lipinski definition) is 1. The molecule has 0 bridgehead atoms. The minimum atomic E-state index is 0.638. The molecule has 1 aliphatic rings. The van der Waals surface area contributed by atoms with Gasteiger partial charge in [-0.2, -0.15) is 0 Å². The van der Waals surface area contributed by atoms with E-state index in [1.807, 2.05) is 6.07 Å². The Morgan fingerprint density at radius 1 is 1.33 bits per heavy atom. The van der Waals surface area contributed by atoms with Crippen molar-refractivity contribution in [2.45, 2.75) is 32.1 Å². The predicted molar refractivity (Wildman–Crippen MR) is 97.8 cm³/mol. The van der Waals surface area contributed by atoms with Crippen LogP contribution in [0, 0.1) is 3.57 Å². The molecule has 0 radical (unpaired) electrons. The van der Waals surface area contributed by atoms with Gasteiger partial charge in [0.1, 0.15) is 11.6 Å². The number of hydrogen-bond acceptors (Lipinski definition) is 3. The van der Waals surface area contributed by atoms with E-state index >= 15 is 0 Å². The van der Waals surface area contributed by atoms with Crippen molar-refractivity contribution < 1.29 is 0 Å². The molecule has 1 aliphatic carbocycles. The Morgan fingerprint density at radius 3 is 2.81 bits per heavy atom. The third-order valence-corrected chi connectivity index (χ3v) is 5.04. The first-order valence-electron chi connectivity index (χ1n) is 7.22. The average Bonchev–Trinajstić information content (AvgIpc) is 3.27. The molecule has 0 aliphatic heterocycles. The van der Waals surface area contributed by atoms with E-state index in [0.717, 1.165) is 29.1 Å². The number of nitrogens with one attached hydrogen (secondary N) is 1. The maximum atomic E-state index is 4.83. The fraction of sp³-hybridized carbons (Fsp3) is 0.375. The van der Waals surface area contributed by atoms with Crippen LogP contribution < -0.4 is 5.32 Å². The van der Waals surface area contributed by atoms with E-state index in [1.165, 1.54) is 27.7 Å². The molecule has 0 atom stereocenters. The highest BCUT2D eigenvalue weighted by atomic mass is 127. The van der Waals surface area contributed by atoms with E-state index in [1.54, 1.807) is 0 Å². The summed E-state index contributed by atoms with van der Waals surface area (Å²) in [5, 5.41) is 3.37. The molecule has 0 saturated heterocycles. The van der Waals surface area contributed by atoms with E-state index in [9.17, 15) is 0 Å². The van der Waals surface area contributed by atoms with Crippen LogP contribution in [0.1, 0.15) is 42.8 Å². The Labute approximate surface area is 147 Å². The summed E-state index contributed by atoms with van der Waals surface area (Å²) >= 11 is 5.90. The monoisotopic (exact) mass is 457 g/mol. The Bertz CT molecular complexity index is 656. The molecule has 0 spiro atoms. The quantitative estimate of drug-likeness (QED) is 0.658. The van der Waals surface area contributed by atoms with Crippen LogP contribution in [0.2, 0.25) is 0 Å². The number of anilines is 1. The van der Waals surface area contributed by atoms with Crippen molar-refractivity contribution >= 4 is 44.3 Å². The number of rotatable bonds is 5. The van der Waals surface area contributed by atoms with Crippen LogP contribution in [0.25, 0.3) is 0 Å². The standard InChI is InChI=1S/C16H17BrIN3/c1-2-19-16-14(18)15(11-6-7-11)20-13(21-16)9-10-4-3-5-12(17)8-10/h3-5,8,11H,2,6-7,9H2,1H3,(H,19,20,21). The lowest BCUT2D eigenvalue weighted by Gasteiger charge is -2.12. The van der Waals surface area contributed by atoms with E-state index < -0.39 is 0 Å². The summed E-state index contributed by atoms with van der Waals surface area (Å²) in [7, 11) is 0. The maximum absolute atomic E-state index is 4.83. The van der Waals surface area contributed by atoms with Gasteiger partial charge in [0.05, 0.1) is 9.26 Å². The SMILES string of the molecule is CCNc1nc(Cc2cccc(Br)c2)nc(C2CC2)c1I. The molecule has 1 fully saturated rings. The molecule has 5 heteroatoms. The Hall–Kier alpha value is -0.690. The summed E-state index contributed by atoms with van der Waals surface area (Å²) in [6, 6.07) is 8.35. The fourth-order valence-corrected chi connectivity index (χ4v) is 3.65. The van der Waals surface area contributed by atoms with Crippen LogP contribution in [0.5, 0.6) is 0 Å². The van der Waals surface area contributed by atoms with Crippen molar-refractivity contribution in [1.29, 1.82) is 0 Å². The van der Waals surface area contributed by atoms with Gasteiger partial charge in [-0.25, -0.2) is 9.97 Å². The Morgan fingerprint density at radius 2 is 2.14 bits per heavy atom. The van der Waals surface area contributed by atoms with Crippen molar-refractivity contribution in [2.75, 3.05) is 11.9 Å². The third-order valence-electron chi connectivity index (χ3n) is 3.48. The topological polar surface area (TPSA) is 37.8 Å². The highest BCUT2D eigenvalue weighted by Crippen LogP contribution is 2.42. The molecule has 1 heterocycles. The second-order valence-electron chi connectivity index (χ2n) is 5.30. The second-order valence-corrected chi connectivity index (χ2v) is 7.29. The van der Waals surface area contributed by atoms with Gasteiger partial charge in [0.2, 0.25) is 0 Å². The van der Waals surface area contributed by atoms with Crippen LogP contribution in [-0.2, 0) is 6.42 Å². The van der Waals surface area contributed by atoms with Gasteiger partial charge < -0.3 is 5.32 Å². The van der Waals surface area contributed by atoms with Crippen molar-refractivity contribution in [3.8, 4) is 0 Å². The molecule has 110 valence electrons. The highest BCUT2D eigenvalue weighted by molar-refractivity contribution is 14.1. The minimum Gasteiger partial charge on any atom is -0.369 e. The molecule has 3 rings (SSSR count). The summed E-state index contributed by atoms with van der Waals surface area (Å²) in [6.45, 7) is 2.98. The molecule has 1 aromatic heterocycles. The predicted octanol–water partition coefficient (Wildman–Crippen LogP) is 4.74. The van der Waals surface area contributed by atoms with Crippen LogP contribution in [0.3, 0.4) is 0 Å². The zero-order chi connectivity index (χ0) is 14.8. The molecule has 1 N–H and O–H groups in total. The Balaban J connectivity index is 1.94. The second kappa shape index (κ2) is 6.60. The van der Waals surface area contributed by atoms with Gasteiger partial charge in [-0.15, -0.1) is 0 Å². The first-order valence-corrected chi connectivity index (χ1v) is 9.09. The highest BCUT2D eigenvalue weighted by Gasteiger charge is 2.29. The molecule has 0 unspecified atom stereocenters. The van der Waals surface area contributed by atoms with E-state index in [-0.39, 0.29) is 0 Å². The third kappa shape index (κ3) is 3.74. The van der Waals surface area contributed by atoms with Gasteiger partial charge in [-0.3, -0.25) is 0 Å². The summed E-state index contributed by atoms with van der Waals surface area (Å²) in [6.07, 6.45) is 3.29. The molecular formula is C16H17BrIN3. The Kier molecular flexibility index (Phi) is 4.78. The van der Waals surface area contributed by atoms with Crippen molar-refractivity contribution in [3.05, 3.63) is 49.4 Å². The first-order chi connectivity index (χ1) is 10.2. The summed E-state index contributed by atoms with van der Waals surface area (Å²) in [5.74, 6) is 2.53. The normalized spacial score (nSPS) is 14.2. The number of nitrogens with zero attached hydrogens (tertiary/aromatic N) is 2. The van der Waals surface area contributed by atoms with Gasteiger partial charge >= 0.3 is 0 Å². The van der Waals surface area contributed by atoms with Crippen molar-refractivity contribution in [2.24, 2.45) is 0 Å². The number of aromatic nitrogens is 2. The van der Waals surface area contributed by atoms with E-state index in [4.69, 9.17) is 9.97 Å². The van der Waals surface area contributed by atoms with Gasteiger partial charge in [0.25, 0.3) is 0 Å². The minimum absolute atomic E-state index is 0.638. The summed E-state index contributed by atoms with van der Waals surface area (Å²) < 4.78 is 2.29. The molecule has 1 aromatic carbocycles. The molecule has 21 heavy (non-hydrogen) atoms. The molecular weight excluding hydrogens is 441 g/mol. The average molecular weight is 458 g/mol. The van der Waals surface area contributed by atoms with Crippen LogP contribution in [-0.4, -0.2) is 16.5 Å². The van der Waals surface area contributed by atoms with Gasteiger partial charge in [-0.1, -0.05) is 28.1 Å².